The first kappa shape index (κ1) is 59.8. The summed E-state index contributed by atoms with van der Waals surface area (Å²) in [4.78, 5) is 28.4. The van der Waals surface area contributed by atoms with Crippen LogP contribution >= 0.6 is 0 Å². The minimum Gasteiger partial charge on any atom is -0.309 e. The maximum absolute atomic E-state index is 5.85. The van der Waals surface area contributed by atoms with E-state index in [1.807, 2.05) is 0 Å². The van der Waals surface area contributed by atoms with Crippen LogP contribution in [0.4, 0.5) is 0 Å². The fourth-order valence-corrected chi connectivity index (χ4v) is 18.4. The Bertz CT molecular complexity index is 8160. The molecular formula is C97H58N14. The van der Waals surface area contributed by atoms with Crippen molar-refractivity contribution in [1.29, 1.82) is 0 Å². The van der Waals surface area contributed by atoms with Crippen LogP contribution in [0.3, 0.4) is 0 Å². The number of hydrogen-bond donors (Lipinski definition) is 0. The lowest BCUT2D eigenvalue weighted by Gasteiger charge is -2.17. The number of nitrogens with zero attached hydrogens (tertiary/aromatic N) is 14. The Hall–Kier alpha value is -15.4. The smallest absolute Gasteiger partial charge is 0.221 e. The SMILES string of the molecule is c1ccc(-n2c3ccccc3c3ccccc32)c(-c2cc(-n3c4ccccc4c4ccccc43)nc(-n3c4ccccc4n4c5cc(-c6cccc7c6nc6n(-c8ccccc8-c8cc(-n9c%10ccccc%10c%10ccccc%109)nc(-n9c%10ccccc%10n%10c%11ccccc%11nc9%10)c8)c8ccccc8n76)ccc5nc34)c2)c1. The second kappa shape index (κ2) is 22.6. The van der Waals surface area contributed by atoms with E-state index in [9.17, 15) is 0 Å². The summed E-state index contributed by atoms with van der Waals surface area (Å²) in [5.74, 6) is 5.35. The Balaban J connectivity index is 0.682. The van der Waals surface area contributed by atoms with Crippen molar-refractivity contribution in [3.8, 4) is 68.0 Å². The van der Waals surface area contributed by atoms with E-state index >= 15 is 0 Å². The van der Waals surface area contributed by atoms with Gasteiger partial charge in [-0.25, -0.2) is 24.9 Å². The summed E-state index contributed by atoms with van der Waals surface area (Å²) in [6.07, 6.45) is 0. The van der Waals surface area contributed by atoms with Crippen molar-refractivity contribution in [3.63, 3.8) is 0 Å². The number of rotatable bonds is 9. The van der Waals surface area contributed by atoms with Crippen LogP contribution in [-0.4, -0.2) is 65.5 Å². The molecule has 0 radical (unpaired) electrons. The van der Waals surface area contributed by atoms with Gasteiger partial charge in [-0.15, -0.1) is 0 Å². The van der Waals surface area contributed by atoms with Crippen molar-refractivity contribution in [3.05, 3.63) is 352 Å². The fraction of sp³-hybridized carbons (Fsp3) is 0. The summed E-state index contributed by atoms with van der Waals surface area (Å²) in [5, 5.41) is 7.05. The average Bonchev–Trinajstić information content (AvgIpc) is 1.58. The number of fused-ring (bicyclic) bond motifs is 24. The van der Waals surface area contributed by atoms with Crippen LogP contribution in [-0.2, 0) is 0 Å². The zero-order valence-electron chi connectivity index (χ0n) is 59.2. The number of hydrogen-bond acceptors (Lipinski definition) is 5. The highest BCUT2D eigenvalue weighted by molar-refractivity contribution is 6.13. The van der Waals surface area contributed by atoms with Gasteiger partial charge >= 0.3 is 0 Å². The topological polar surface area (TPSA) is 107 Å². The summed E-state index contributed by atoms with van der Waals surface area (Å²) < 4.78 is 20.8. The lowest BCUT2D eigenvalue weighted by atomic mass is 10.0. The van der Waals surface area contributed by atoms with Crippen molar-refractivity contribution in [2.24, 2.45) is 0 Å². The first-order valence-corrected chi connectivity index (χ1v) is 37.5. The average molecular weight is 1420 g/mol. The molecular weight excluding hydrogens is 1360 g/mol. The molecule has 0 aliphatic heterocycles. The quantitative estimate of drug-likeness (QED) is 0.143. The number of aromatic nitrogens is 14. The molecule has 0 aliphatic rings. The van der Waals surface area contributed by atoms with E-state index in [-0.39, 0.29) is 0 Å². The van der Waals surface area contributed by atoms with Gasteiger partial charge in [0.1, 0.15) is 23.3 Å². The van der Waals surface area contributed by atoms with Gasteiger partial charge in [0.05, 0.1) is 111 Å². The summed E-state index contributed by atoms with van der Waals surface area (Å²) in [7, 11) is 0. The van der Waals surface area contributed by atoms with Crippen LogP contribution in [0.25, 0.3) is 217 Å². The van der Waals surface area contributed by atoms with E-state index in [1.54, 1.807) is 0 Å². The molecule has 0 spiro atoms. The third kappa shape index (κ3) is 8.35. The molecule has 0 saturated heterocycles. The zero-order chi connectivity index (χ0) is 72.3. The van der Waals surface area contributed by atoms with E-state index < -0.39 is 0 Å². The lowest BCUT2D eigenvalue weighted by molar-refractivity contribution is 0.995. The van der Waals surface area contributed by atoms with Crippen molar-refractivity contribution in [2.75, 3.05) is 0 Å². The van der Waals surface area contributed by atoms with Crippen LogP contribution in [0.1, 0.15) is 0 Å². The van der Waals surface area contributed by atoms with Crippen LogP contribution in [0, 0.1) is 0 Å². The summed E-state index contributed by atoms with van der Waals surface area (Å²) in [6, 6.07) is 126. The minimum atomic E-state index is 0.735. The van der Waals surface area contributed by atoms with Crippen LogP contribution in [0.15, 0.2) is 352 Å². The molecule has 0 N–H and O–H groups in total. The second-order valence-corrected chi connectivity index (χ2v) is 28.9. The van der Waals surface area contributed by atoms with Crippen molar-refractivity contribution in [1.82, 2.24) is 65.5 Å². The molecule has 516 valence electrons. The van der Waals surface area contributed by atoms with Gasteiger partial charge in [-0.1, -0.05) is 212 Å². The molecule has 25 aromatic rings. The van der Waals surface area contributed by atoms with Gasteiger partial charge in [0.15, 0.2) is 0 Å². The highest BCUT2D eigenvalue weighted by Crippen LogP contribution is 2.44. The van der Waals surface area contributed by atoms with Crippen LogP contribution in [0.2, 0.25) is 0 Å². The number of para-hydroxylation sites is 17. The predicted molar refractivity (Wildman–Crippen MR) is 451 cm³/mol. The number of benzene rings is 14. The molecule has 14 heteroatoms. The van der Waals surface area contributed by atoms with Crippen LogP contribution < -0.4 is 0 Å². The van der Waals surface area contributed by atoms with Gasteiger partial charge in [-0.3, -0.25) is 36.0 Å². The Kier molecular flexibility index (Phi) is 12.2. The number of pyridine rings is 2. The molecule has 0 atom stereocenters. The Morgan fingerprint density at radius 2 is 0.486 bits per heavy atom. The molecule has 0 fully saturated rings. The number of imidazole rings is 6. The maximum atomic E-state index is 5.85. The fourth-order valence-electron chi connectivity index (χ4n) is 18.4. The maximum Gasteiger partial charge on any atom is 0.221 e. The largest absolute Gasteiger partial charge is 0.309 e. The molecule has 0 amide bonds. The third-order valence-corrected chi connectivity index (χ3v) is 23.0. The molecule has 11 aromatic heterocycles. The van der Waals surface area contributed by atoms with Crippen molar-refractivity contribution >= 4 is 149 Å². The van der Waals surface area contributed by atoms with Gasteiger partial charge in [-0.05, 0) is 156 Å². The molecule has 14 aromatic carbocycles. The van der Waals surface area contributed by atoms with E-state index in [0.29, 0.717) is 0 Å². The van der Waals surface area contributed by atoms with E-state index in [2.05, 4.69) is 392 Å². The molecule has 0 unspecified atom stereocenters. The summed E-state index contributed by atoms with van der Waals surface area (Å²) >= 11 is 0. The summed E-state index contributed by atoms with van der Waals surface area (Å²) in [6.45, 7) is 0. The third-order valence-electron chi connectivity index (χ3n) is 23.0. The van der Waals surface area contributed by atoms with Gasteiger partial charge in [0.2, 0.25) is 17.3 Å². The first-order valence-electron chi connectivity index (χ1n) is 37.5. The molecule has 111 heavy (non-hydrogen) atoms. The van der Waals surface area contributed by atoms with Crippen molar-refractivity contribution in [2.45, 2.75) is 0 Å². The molecule has 0 aliphatic carbocycles. The highest BCUT2D eigenvalue weighted by atomic mass is 15.3. The summed E-state index contributed by atoms with van der Waals surface area (Å²) in [5.41, 5.74) is 26.4. The van der Waals surface area contributed by atoms with Gasteiger partial charge in [0, 0.05) is 49.0 Å². The Morgan fingerprint density at radius 1 is 0.171 bits per heavy atom. The lowest BCUT2D eigenvalue weighted by Crippen LogP contribution is -2.06. The van der Waals surface area contributed by atoms with Crippen molar-refractivity contribution < 1.29 is 0 Å². The molecule has 25 rings (SSSR count). The first-order chi connectivity index (χ1) is 55.1. The molecule has 0 saturated carbocycles. The normalized spacial score (nSPS) is 12.3. The molecule has 0 bridgehead atoms. The highest BCUT2D eigenvalue weighted by Gasteiger charge is 2.28. The Morgan fingerprint density at radius 3 is 0.955 bits per heavy atom. The minimum absolute atomic E-state index is 0.735. The zero-order valence-corrected chi connectivity index (χ0v) is 59.2. The van der Waals surface area contributed by atoms with E-state index in [4.69, 9.17) is 24.9 Å². The standard InChI is InChI=1S/C97H58N14/c1-10-36-73(103-75-38-12-3-28-65(75)66-29-4-13-39-76(66)103)62(26-1)60-55-90(104-77-40-14-5-30-67(77)68-31-6-15-41-78(68)104)101-93(57-60)111-87-50-24-22-48-85(87)109-89-54-59(52-53-72(89)99-96(109)111)64-34-25-51-88-94(64)102-97-106(82-45-19-20-46-83(82)108(88)97)74-37-11-2-27-63(74)61-56-91(105-79-42-16-7-32-69(79)70-33-8-17-43-80(70)105)100-92(58-61)110-86-49-23-21-47-84(86)107-81-44-18-9-35-71(81)98-95(107)110/h1-58H. The van der Waals surface area contributed by atoms with Gasteiger partial charge in [-0.2, -0.15) is 0 Å². The van der Waals surface area contributed by atoms with Gasteiger partial charge < -0.3 is 4.57 Å². The monoisotopic (exact) mass is 1420 g/mol. The van der Waals surface area contributed by atoms with E-state index in [0.717, 1.165) is 206 Å². The van der Waals surface area contributed by atoms with E-state index in [1.165, 1.54) is 10.8 Å². The van der Waals surface area contributed by atoms with Gasteiger partial charge in [0.25, 0.3) is 0 Å². The second-order valence-electron chi connectivity index (χ2n) is 28.9. The van der Waals surface area contributed by atoms with Crippen LogP contribution in [0.5, 0.6) is 0 Å². The molecule has 14 nitrogen and oxygen atoms in total. The molecule has 11 heterocycles. The predicted octanol–water partition coefficient (Wildman–Crippen LogP) is 23.0. The Labute approximate surface area is 630 Å².